The van der Waals surface area contributed by atoms with E-state index in [1.54, 1.807) is 0 Å². The van der Waals surface area contributed by atoms with E-state index in [1.165, 1.54) is 23.9 Å². The Balaban J connectivity index is 2.71. The first-order valence-electron chi connectivity index (χ1n) is 5.33. The van der Waals surface area contributed by atoms with Crippen LogP contribution in [0.1, 0.15) is 0 Å². The highest BCUT2D eigenvalue weighted by Gasteiger charge is 2.15. The number of thioether (sulfide) groups is 1. The summed E-state index contributed by atoms with van der Waals surface area (Å²) in [6, 6.07) is 4.66. The molecule has 110 valence electrons. The third-order valence-corrected chi connectivity index (χ3v) is 5.85. The van der Waals surface area contributed by atoms with E-state index in [-0.39, 0.29) is 16.3 Å². The average Bonchev–Trinajstić information content (AvgIpc) is 2.37. The molecule has 1 N–H and O–H groups in total. The van der Waals surface area contributed by atoms with Crippen molar-refractivity contribution in [3.8, 4) is 12.3 Å². The van der Waals surface area contributed by atoms with Gasteiger partial charge in [-0.05, 0) is 24.3 Å². The second-order valence-electron chi connectivity index (χ2n) is 3.56. The van der Waals surface area contributed by atoms with Crippen LogP contribution in [0.5, 0.6) is 0 Å². The van der Waals surface area contributed by atoms with Crippen LogP contribution in [-0.2, 0) is 19.1 Å². The van der Waals surface area contributed by atoms with Gasteiger partial charge in [0.25, 0.3) is 9.05 Å². The molecule has 0 radical (unpaired) electrons. The summed E-state index contributed by atoms with van der Waals surface area (Å²) in [6.07, 6.45) is 5.07. The maximum atomic E-state index is 11.9. The molecule has 0 amide bonds. The summed E-state index contributed by atoms with van der Waals surface area (Å²) in [7, 11) is -2.37. The molecule has 1 rings (SSSR count). The summed E-state index contributed by atoms with van der Waals surface area (Å²) in [5.41, 5.74) is 0. The molecule has 0 atom stereocenters. The van der Waals surface area contributed by atoms with Gasteiger partial charge in [0.1, 0.15) is 0 Å². The van der Waals surface area contributed by atoms with Crippen LogP contribution >= 0.6 is 22.4 Å². The van der Waals surface area contributed by atoms with E-state index in [1.807, 2.05) is 0 Å². The topological polar surface area (TPSA) is 80.3 Å². The Kier molecular flexibility index (Phi) is 6.36. The van der Waals surface area contributed by atoms with Gasteiger partial charge >= 0.3 is 0 Å². The van der Waals surface area contributed by atoms with Gasteiger partial charge in [-0.15, -0.1) is 18.2 Å². The Morgan fingerprint density at radius 2 is 1.70 bits per heavy atom. The van der Waals surface area contributed by atoms with Crippen molar-refractivity contribution >= 4 is 41.5 Å². The lowest BCUT2D eigenvalue weighted by Crippen LogP contribution is -2.26. The number of hydrogen-bond acceptors (Lipinski definition) is 5. The number of terminal acetylenes is 1. The molecule has 0 aliphatic carbocycles. The summed E-state index contributed by atoms with van der Waals surface area (Å²) in [4.78, 5) is -0.175. The van der Waals surface area contributed by atoms with Crippen molar-refractivity contribution in [1.29, 1.82) is 0 Å². The highest BCUT2D eigenvalue weighted by Crippen LogP contribution is 2.17. The minimum absolute atomic E-state index is 0.0245. The smallest absolute Gasteiger partial charge is 0.210 e. The van der Waals surface area contributed by atoms with E-state index in [0.29, 0.717) is 11.5 Å². The lowest BCUT2D eigenvalue weighted by Gasteiger charge is -2.06. The molecule has 5 nitrogen and oxygen atoms in total. The summed E-state index contributed by atoms with van der Waals surface area (Å²) < 4.78 is 48.3. The third kappa shape index (κ3) is 5.34. The molecule has 20 heavy (non-hydrogen) atoms. The Labute approximate surface area is 127 Å². The van der Waals surface area contributed by atoms with Gasteiger partial charge in [0, 0.05) is 23.0 Å². The van der Waals surface area contributed by atoms with Crippen molar-refractivity contribution in [3.05, 3.63) is 24.3 Å². The van der Waals surface area contributed by atoms with Gasteiger partial charge in [-0.1, -0.05) is 5.92 Å². The third-order valence-electron chi connectivity index (χ3n) is 2.14. The van der Waals surface area contributed by atoms with Crippen LogP contribution in [-0.4, -0.2) is 34.9 Å². The van der Waals surface area contributed by atoms with Gasteiger partial charge in [0.05, 0.1) is 15.5 Å². The standard InChI is InChI=1S/C11H12ClNO4S3/c1-2-8-18-9-7-13-20(16,17)11-5-3-10(4-6-11)19(12,14)15/h1,3-6,13H,7-9H2. The summed E-state index contributed by atoms with van der Waals surface area (Å²) in [5, 5.41) is 0. The van der Waals surface area contributed by atoms with Gasteiger partial charge in [0.15, 0.2) is 0 Å². The molecule has 0 bridgehead atoms. The first-order chi connectivity index (χ1) is 9.27. The van der Waals surface area contributed by atoms with Crippen LogP contribution in [0.4, 0.5) is 0 Å². The molecule has 0 fully saturated rings. The van der Waals surface area contributed by atoms with Crippen molar-refractivity contribution in [3.63, 3.8) is 0 Å². The number of sulfonamides is 1. The Morgan fingerprint density at radius 3 is 2.20 bits per heavy atom. The molecule has 0 aliphatic rings. The average molecular weight is 354 g/mol. The van der Waals surface area contributed by atoms with E-state index >= 15 is 0 Å². The fourth-order valence-electron chi connectivity index (χ4n) is 1.24. The number of nitrogens with one attached hydrogen (secondary N) is 1. The van der Waals surface area contributed by atoms with Gasteiger partial charge < -0.3 is 0 Å². The van der Waals surface area contributed by atoms with Crippen LogP contribution in [0.2, 0.25) is 0 Å². The maximum Gasteiger partial charge on any atom is 0.261 e. The summed E-state index contributed by atoms with van der Waals surface area (Å²) in [5.74, 6) is 3.50. The Bertz CT molecular complexity index is 690. The predicted molar refractivity (Wildman–Crippen MR) is 80.8 cm³/mol. The van der Waals surface area contributed by atoms with Gasteiger partial charge in [-0.25, -0.2) is 21.6 Å². The van der Waals surface area contributed by atoms with Crippen molar-refractivity contribution in [2.24, 2.45) is 0 Å². The first-order valence-corrected chi connectivity index (χ1v) is 10.3. The van der Waals surface area contributed by atoms with Crippen LogP contribution < -0.4 is 4.72 Å². The fraction of sp³-hybridized carbons (Fsp3) is 0.273. The van der Waals surface area contributed by atoms with Gasteiger partial charge in [-0.2, -0.15) is 0 Å². The van der Waals surface area contributed by atoms with Crippen molar-refractivity contribution < 1.29 is 16.8 Å². The van der Waals surface area contributed by atoms with E-state index in [4.69, 9.17) is 17.1 Å². The molecule has 0 saturated heterocycles. The highest BCUT2D eigenvalue weighted by molar-refractivity contribution is 8.13. The molecule has 1 aromatic rings. The SMILES string of the molecule is C#CCSCCNS(=O)(=O)c1ccc(S(=O)(=O)Cl)cc1. The number of benzene rings is 1. The largest absolute Gasteiger partial charge is 0.261 e. The van der Waals surface area contributed by atoms with E-state index in [0.717, 1.165) is 12.1 Å². The molecule has 0 aliphatic heterocycles. The second kappa shape index (κ2) is 7.33. The minimum atomic E-state index is -3.86. The zero-order valence-electron chi connectivity index (χ0n) is 10.2. The first kappa shape index (κ1) is 17.3. The summed E-state index contributed by atoms with van der Waals surface area (Å²) >= 11 is 1.44. The quantitative estimate of drug-likeness (QED) is 0.453. The lowest BCUT2D eigenvalue weighted by molar-refractivity contribution is 0.583. The number of hydrogen-bond donors (Lipinski definition) is 1. The zero-order valence-corrected chi connectivity index (χ0v) is 13.4. The predicted octanol–water partition coefficient (Wildman–Crippen LogP) is 1.26. The van der Waals surface area contributed by atoms with Gasteiger partial charge in [0.2, 0.25) is 10.0 Å². The van der Waals surface area contributed by atoms with E-state index in [2.05, 4.69) is 10.6 Å². The van der Waals surface area contributed by atoms with Crippen LogP contribution in [0.3, 0.4) is 0 Å². The molecule has 1 aromatic carbocycles. The summed E-state index contributed by atoms with van der Waals surface area (Å²) in [6.45, 7) is 0.240. The van der Waals surface area contributed by atoms with E-state index < -0.39 is 19.1 Å². The van der Waals surface area contributed by atoms with Gasteiger partial charge in [-0.3, -0.25) is 0 Å². The molecule has 9 heteroatoms. The molecule has 0 aromatic heterocycles. The minimum Gasteiger partial charge on any atom is -0.210 e. The molecular formula is C11H12ClNO4S3. The van der Waals surface area contributed by atoms with Crippen LogP contribution in [0.25, 0.3) is 0 Å². The van der Waals surface area contributed by atoms with Crippen LogP contribution in [0.15, 0.2) is 34.1 Å². The van der Waals surface area contributed by atoms with Crippen molar-refractivity contribution in [1.82, 2.24) is 4.72 Å². The molecule has 0 unspecified atom stereocenters. The molecule has 0 spiro atoms. The van der Waals surface area contributed by atoms with Crippen molar-refractivity contribution in [2.75, 3.05) is 18.1 Å². The maximum absolute atomic E-state index is 11.9. The Morgan fingerprint density at radius 1 is 1.15 bits per heavy atom. The zero-order chi connectivity index (χ0) is 15.2. The monoisotopic (exact) mass is 353 g/mol. The number of rotatable bonds is 7. The molecule has 0 saturated carbocycles. The molecule has 0 heterocycles. The van der Waals surface area contributed by atoms with Crippen LogP contribution in [0, 0.1) is 12.3 Å². The number of halogens is 1. The highest BCUT2D eigenvalue weighted by atomic mass is 35.7. The fourth-order valence-corrected chi connectivity index (χ4v) is 3.68. The Hall–Kier alpha value is -0.720. The lowest BCUT2D eigenvalue weighted by atomic mass is 10.4. The normalized spacial score (nSPS) is 12.0. The second-order valence-corrected chi connectivity index (χ2v) is 9.00. The van der Waals surface area contributed by atoms with E-state index in [9.17, 15) is 16.8 Å². The van der Waals surface area contributed by atoms with Crippen molar-refractivity contribution in [2.45, 2.75) is 9.79 Å². The molecular weight excluding hydrogens is 342 g/mol.